The van der Waals surface area contributed by atoms with Crippen LogP contribution in [-0.4, -0.2) is 53.9 Å². The predicted molar refractivity (Wildman–Crippen MR) is 99.4 cm³/mol. The molecule has 1 fully saturated rings. The third-order valence-corrected chi connectivity index (χ3v) is 5.17. The first-order chi connectivity index (χ1) is 12.4. The minimum atomic E-state index is -1.20. The van der Waals surface area contributed by atoms with Crippen molar-refractivity contribution in [1.82, 2.24) is 15.5 Å². The van der Waals surface area contributed by atoms with Crippen LogP contribution < -0.4 is 10.6 Å². The van der Waals surface area contributed by atoms with Crippen molar-refractivity contribution >= 4 is 23.7 Å². The van der Waals surface area contributed by atoms with E-state index in [2.05, 4.69) is 10.6 Å². The molecule has 0 radical (unpaired) electrons. The van der Waals surface area contributed by atoms with Crippen LogP contribution in [0.4, 0.5) is 9.59 Å². The molecular formula is C18H26ClN3O4. The zero-order chi connectivity index (χ0) is 19.2. The average Bonchev–Trinajstić information content (AvgIpc) is 2.64. The fourth-order valence-corrected chi connectivity index (χ4v) is 3.72. The fraction of sp³-hybridized carbons (Fsp3) is 0.556. The molecule has 1 aliphatic rings. The van der Waals surface area contributed by atoms with Crippen LogP contribution in [0.5, 0.6) is 0 Å². The van der Waals surface area contributed by atoms with Gasteiger partial charge in [-0.25, -0.2) is 9.59 Å². The molecule has 3 amide bonds. The molecule has 7 nitrogen and oxygen atoms in total. The van der Waals surface area contributed by atoms with Crippen LogP contribution in [0.1, 0.15) is 31.2 Å². The van der Waals surface area contributed by atoms with Crippen molar-refractivity contribution in [3.05, 3.63) is 34.9 Å². The standard InChI is InChI=1S/C18H26ClN3O4/c1-20-16(23)21-9-4-8-18(26,13-5-2-7-15(19)11-13)14-6-3-10-22(12-14)17(24)25/h2,5,7,11,14,26H,3-4,6,8-10,12H2,1H3,(H,24,25)(H2,20,21,23)/t14?,18-/m1/s1. The molecule has 0 spiro atoms. The number of likely N-dealkylation sites (tertiary alicyclic amines) is 1. The number of hydrogen-bond donors (Lipinski definition) is 4. The lowest BCUT2D eigenvalue weighted by atomic mass is 9.74. The van der Waals surface area contributed by atoms with Crippen LogP contribution in [0.3, 0.4) is 0 Å². The van der Waals surface area contributed by atoms with E-state index in [1.54, 1.807) is 25.2 Å². The summed E-state index contributed by atoms with van der Waals surface area (Å²) in [5.41, 5.74) is -0.522. The van der Waals surface area contributed by atoms with Crippen LogP contribution >= 0.6 is 11.6 Å². The summed E-state index contributed by atoms with van der Waals surface area (Å²) >= 11 is 6.11. The van der Waals surface area contributed by atoms with Gasteiger partial charge in [0, 0.05) is 37.6 Å². The van der Waals surface area contributed by atoms with Crippen molar-refractivity contribution < 1.29 is 19.8 Å². The lowest BCUT2D eigenvalue weighted by Gasteiger charge is -2.42. The first kappa shape index (κ1) is 20.3. The van der Waals surface area contributed by atoms with Gasteiger partial charge in [-0.15, -0.1) is 0 Å². The number of amides is 3. The number of carboxylic acid groups (broad SMARTS) is 1. The SMILES string of the molecule is CNC(=O)NCCC[C@@](O)(c1cccc(Cl)c1)C1CCCN(C(=O)O)C1. The van der Waals surface area contributed by atoms with Gasteiger partial charge in [0.2, 0.25) is 0 Å². The predicted octanol–water partition coefficient (Wildman–Crippen LogP) is 2.63. The molecule has 1 aromatic rings. The molecule has 0 aromatic heterocycles. The van der Waals surface area contributed by atoms with E-state index < -0.39 is 11.7 Å². The first-order valence-corrected chi connectivity index (χ1v) is 9.16. The maximum Gasteiger partial charge on any atom is 0.407 e. The zero-order valence-electron chi connectivity index (χ0n) is 14.9. The molecule has 4 N–H and O–H groups in total. The van der Waals surface area contributed by atoms with Gasteiger partial charge in [-0.1, -0.05) is 23.7 Å². The highest BCUT2D eigenvalue weighted by molar-refractivity contribution is 6.30. The quantitative estimate of drug-likeness (QED) is 0.567. The smallest absolute Gasteiger partial charge is 0.407 e. The molecule has 0 saturated carbocycles. The molecule has 1 aromatic carbocycles. The van der Waals surface area contributed by atoms with Gasteiger partial charge in [0.05, 0.1) is 5.60 Å². The van der Waals surface area contributed by atoms with Crippen LogP contribution in [0.25, 0.3) is 0 Å². The van der Waals surface area contributed by atoms with Crippen molar-refractivity contribution in [2.45, 2.75) is 31.3 Å². The minimum absolute atomic E-state index is 0.231. The van der Waals surface area contributed by atoms with E-state index in [4.69, 9.17) is 11.6 Å². The summed E-state index contributed by atoms with van der Waals surface area (Å²) in [6, 6.07) is 6.79. The van der Waals surface area contributed by atoms with Gasteiger partial charge in [-0.2, -0.15) is 0 Å². The summed E-state index contributed by atoms with van der Waals surface area (Å²) in [4.78, 5) is 24.0. The van der Waals surface area contributed by atoms with Crippen LogP contribution in [0.15, 0.2) is 24.3 Å². The normalized spacial score (nSPS) is 19.5. The highest BCUT2D eigenvalue weighted by Gasteiger charge is 2.41. The topological polar surface area (TPSA) is 102 Å². The van der Waals surface area contributed by atoms with E-state index in [0.29, 0.717) is 42.9 Å². The molecule has 1 heterocycles. The molecule has 0 bridgehead atoms. The zero-order valence-corrected chi connectivity index (χ0v) is 15.6. The number of nitrogens with one attached hydrogen (secondary N) is 2. The van der Waals surface area contributed by atoms with Gasteiger partial charge in [-0.3, -0.25) is 0 Å². The number of urea groups is 1. The number of rotatable bonds is 6. The Labute approximate surface area is 158 Å². The van der Waals surface area contributed by atoms with Gasteiger partial charge in [-0.05, 0) is 43.4 Å². The lowest BCUT2D eigenvalue weighted by molar-refractivity contribution is -0.0573. The molecule has 2 atom stereocenters. The molecule has 1 aliphatic heterocycles. The second kappa shape index (κ2) is 9.09. The Balaban J connectivity index is 2.18. The van der Waals surface area contributed by atoms with Crippen molar-refractivity contribution in [2.24, 2.45) is 5.92 Å². The summed E-state index contributed by atoms with van der Waals surface area (Å²) in [5.74, 6) is -0.231. The molecule has 1 saturated heterocycles. The highest BCUT2D eigenvalue weighted by Crippen LogP contribution is 2.40. The summed E-state index contributed by atoms with van der Waals surface area (Å²) in [6.45, 7) is 1.18. The van der Waals surface area contributed by atoms with Gasteiger partial charge in [0.25, 0.3) is 0 Å². The number of benzene rings is 1. The number of aliphatic hydroxyl groups is 1. The Bertz CT molecular complexity index is 643. The minimum Gasteiger partial charge on any atom is -0.465 e. The van der Waals surface area contributed by atoms with E-state index in [0.717, 1.165) is 6.42 Å². The maximum atomic E-state index is 11.5. The maximum absolute atomic E-state index is 11.5. The van der Waals surface area contributed by atoms with Crippen molar-refractivity contribution in [3.63, 3.8) is 0 Å². The van der Waals surface area contributed by atoms with E-state index in [9.17, 15) is 19.8 Å². The summed E-state index contributed by atoms with van der Waals surface area (Å²) in [7, 11) is 1.54. The van der Waals surface area contributed by atoms with Gasteiger partial charge in [0.1, 0.15) is 0 Å². The van der Waals surface area contributed by atoms with Gasteiger partial charge >= 0.3 is 12.1 Å². The first-order valence-electron chi connectivity index (χ1n) is 8.78. The molecule has 2 rings (SSSR count). The Kier molecular flexibility index (Phi) is 7.11. The molecule has 8 heteroatoms. The van der Waals surface area contributed by atoms with E-state index in [1.807, 2.05) is 6.07 Å². The molecule has 26 heavy (non-hydrogen) atoms. The number of hydrogen-bond acceptors (Lipinski definition) is 3. The van der Waals surface area contributed by atoms with E-state index in [-0.39, 0.29) is 18.5 Å². The Hall–Kier alpha value is -1.99. The third kappa shape index (κ3) is 5.02. The molecule has 0 aliphatic carbocycles. The highest BCUT2D eigenvalue weighted by atomic mass is 35.5. The second-order valence-corrected chi connectivity index (χ2v) is 7.05. The second-order valence-electron chi connectivity index (χ2n) is 6.61. The van der Waals surface area contributed by atoms with Crippen molar-refractivity contribution in [3.8, 4) is 0 Å². The van der Waals surface area contributed by atoms with Crippen LogP contribution in [-0.2, 0) is 5.60 Å². The number of halogens is 1. The summed E-state index contributed by atoms with van der Waals surface area (Å²) in [6.07, 6.45) is 1.42. The largest absolute Gasteiger partial charge is 0.465 e. The lowest BCUT2D eigenvalue weighted by Crippen LogP contribution is -2.48. The summed E-state index contributed by atoms with van der Waals surface area (Å²) in [5, 5.41) is 26.6. The van der Waals surface area contributed by atoms with Crippen molar-refractivity contribution in [1.29, 1.82) is 0 Å². The van der Waals surface area contributed by atoms with E-state index in [1.165, 1.54) is 4.90 Å². The Morgan fingerprint density at radius 2 is 2.19 bits per heavy atom. The fourth-order valence-electron chi connectivity index (χ4n) is 3.53. The Morgan fingerprint density at radius 1 is 1.42 bits per heavy atom. The number of carbonyl (C=O) groups is 2. The van der Waals surface area contributed by atoms with Crippen molar-refractivity contribution in [2.75, 3.05) is 26.7 Å². The summed E-state index contributed by atoms with van der Waals surface area (Å²) < 4.78 is 0. The third-order valence-electron chi connectivity index (χ3n) is 4.94. The molecule has 144 valence electrons. The molecule has 1 unspecified atom stereocenters. The number of piperidine rings is 1. The number of nitrogens with zero attached hydrogens (tertiary/aromatic N) is 1. The van der Waals surface area contributed by atoms with E-state index >= 15 is 0 Å². The van der Waals surface area contributed by atoms with Crippen LogP contribution in [0, 0.1) is 5.92 Å². The average molecular weight is 384 g/mol. The van der Waals surface area contributed by atoms with Gasteiger partial charge in [0.15, 0.2) is 0 Å². The molecular weight excluding hydrogens is 358 g/mol. The van der Waals surface area contributed by atoms with Gasteiger partial charge < -0.3 is 25.7 Å². The monoisotopic (exact) mass is 383 g/mol. The van der Waals surface area contributed by atoms with Crippen LogP contribution in [0.2, 0.25) is 5.02 Å². The Morgan fingerprint density at radius 3 is 2.85 bits per heavy atom. The number of carbonyl (C=O) groups excluding carboxylic acids is 1.